The van der Waals surface area contributed by atoms with E-state index in [2.05, 4.69) is 13.8 Å². The third-order valence-corrected chi connectivity index (χ3v) is 3.14. The van der Waals surface area contributed by atoms with Crippen LogP contribution in [0.5, 0.6) is 0 Å². The zero-order chi connectivity index (χ0) is 8.85. The fourth-order valence-electron chi connectivity index (χ4n) is 1.16. The van der Waals surface area contributed by atoms with E-state index in [1.54, 1.807) is 16.9 Å². The van der Waals surface area contributed by atoms with Crippen LogP contribution in [-0.2, 0) is 4.79 Å². The minimum atomic E-state index is -0.187. The molecule has 0 aliphatic rings. The first-order chi connectivity index (χ1) is 5.06. The second-order valence-corrected chi connectivity index (χ2v) is 4.70. The van der Waals surface area contributed by atoms with E-state index < -0.39 is 0 Å². The van der Waals surface area contributed by atoms with Gasteiger partial charge in [-0.3, -0.25) is 0 Å². The van der Waals surface area contributed by atoms with E-state index in [1.807, 2.05) is 0 Å². The van der Waals surface area contributed by atoms with Crippen molar-refractivity contribution in [2.75, 3.05) is 0 Å². The summed E-state index contributed by atoms with van der Waals surface area (Å²) in [6.07, 6.45) is 1.68. The van der Waals surface area contributed by atoms with Crippen LogP contribution in [0.3, 0.4) is 0 Å². The molecule has 0 fully saturated rings. The Balaban J connectivity index is 3.66. The van der Waals surface area contributed by atoms with Gasteiger partial charge in [-0.1, -0.05) is 0 Å². The first-order valence-electron chi connectivity index (χ1n) is 3.94. The molecule has 0 radical (unpaired) electrons. The second-order valence-electron chi connectivity index (χ2n) is 3.29. The minimum absolute atomic E-state index is 0.187. The van der Waals surface area contributed by atoms with Gasteiger partial charge >= 0.3 is 82.2 Å². The van der Waals surface area contributed by atoms with Crippen molar-refractivity contribution in [3.63, 3.8) is 0 Å². The Hall–Kier alpha value is 0.518. The molecule has 2 unspecified atom stereocenters. The van der Waals surface area contributed by atoms with Crippen LogP contribution in [0, 0.1) is 11.8 Å². The van der Waals surface area contributed by atoms with Crippen LogP contribution < -0.4 is 0 Å². The van der Waals surface area contributed by atoms with Crippen LogP contribution >= 0.6 is 11.6 Å². The molecule has 0 rings (SSSR count). The van der Waals surface area contributed by atoms with E-state index in [9.17, 15) is 4.79 Å². The van der Waals surface area contributed by atoms with Crippen molar-refractivity contribution in [1.29, 1.82) is 0 Å². The Kier molecular flexibility index (Phi) is 6.37. The molecule has 0 aromatic carbocycles. The number of hydrogen-bond acceptors (Lipinski definition) is 1. The normalized spacial score (nSPS) is 13.5. The Morgan fingerprint density at radius 2 is 2.09 bits per heavy atom. The van der Waals surface area contributed by atoms with Gasteiger partial charge in [0.05, 0.1) is 0 Å². The van der Waals surface area contributed by atoms with Crippen LogP contribution in [0.2, 0.25) is 5.21 Å². The topological polar surface area (TPSA) is 17.1 Å². The molecule has 0 N–H and O–H groups in total. The number of rotatable bonds is 5. The first kappa shape index (κ1) is 11.5. The summed E-state index contributed by atoms with van der Waals surface area (Å²) >= 11 is 6.99. The van der Waals surface area contributed by atoms with Gasteiger partial charge in [0.1, 0.15) is 0 Å². The number of halogens is 1. The van der Waals surface area contributed by atoms with Crippen LogP contribution in [0.25, 0.3) is 0 Å². The summed E-state index contributed by atoms with van der Waals surface area (Å²) in [7, 11) is 0. The Labute approximate surface area is 82.4 Å². The summed E-state index contributed by atoms with van der Waals surface area (Å²) < 4.78 is 0. The zero-order valence-corrected chi connectivity index (χ0v) is 10.3. The maximum absolute atomic E-state index is 10.6. The molecule has 0 bridgehead atoms. The van der Waals surface area contributed by atoms with Gasteiger partial charge in [0, 0.05) is 0 Å². The van der Waals surface area contributed by atoms with E-state index >= 15 is 0 Å². The van der Waals surface area contributed by atoms with Gasteiger partial charge in [-0.15, -0.1) is 0 Å². The third-order valence-electron chi connectivity index (χ3n) is 1.59. The number of hydrogen-bond donors (Lipinski definition) is 0. The molecule has 66 valence electrons. The number of carbonyl (C=O) groups excluding carboxylic acids is 1. The summed E-state index contributed by atoms with van der Waals surface area (Å²) in [6.45, 7) is 4.35. The van der Waals surface area contributed by atoms with Gasteiger partial charge in [0.2, 0.25) is 0 Å². The van der Waals surface area contributed by atoms with E-state index in [-0.39, 0.29) is 5.24 Å². The summed E-state index contributed by atoms with van der Waals surface area (Å²) in [6, 6.07) is 0. The molecule has 11 heavy (non-hydrogen) atoms. The molecule has 0 spiro atoms. The van der Waals surface area contributed by atoms with Crippen LogP contribution in [0.1, 0.15) is 26.7 Å². The van der Waals surface area contributed by atoms with Gasteiger partial charge in [-0.2, -0.15) is 0 Å². The quantitative estimate of drug-likeness (QED) is 0.528. The standard InChI is InChI=1S/C8H16AsClO/c1-6(2)3-7(5-9)4-8(10)11/h6-7H,3-5,9H2,1-2H3. The molecule has 0 aliphatic heterocycles. The molecule has 0 saturated heterocycles. The summed E-state index contributed by atoms with van der Waals surface area (Å²) in [4.78, 5) is 10.6. The monoisotopic (exact) mass is 238 g/mol. The van der Waals surface area contributed by atoms with Crippen LogP contribution in [-0.4, -0.2) is 22.1 Å². The molecule has 0 heterocycles. The summed E-state index contributed by atoms with van der Waals surface area (Å²) in [5, 5.41) is 0.928. The average molecular weight is 239 g/mol. The van der Waals surface area contributed by atoms with Gasteiger partial charge in [0.15, 0.2) is 0 Å². The summed E-state index contributed by atoms with van der Waals surface area (Å²) in [5.74, 6) is 1.19. The molecule has 0 aromatic heterocycles. The van der Waals surface area contributed by atoms with E-state index in [0.717, 1.165) is 11.6 Å². The zero-order valence-electron chi connectivity index (χ0n) is 7.14. The third kappa shape index (κ3) is 6.90. The van der Waals surface area contributed by atoms with Gasteiger partial charge in [0.25, 0.3) is 0 Å². The maximum atomic E-state index is 10.6. The SMILES string of the molecule is CC(C)CC(C[AsH2])CC(=O)Cl. The Morgan fingerprint density at radius 3 is 2.36 bits per heavy atom. The van der Waals surface area contributed by atoms with Crippen molar-refractivity contribution in [3.05, 3.63) is 0 Å². The van der Waals surface area contributed by atoms with Crippen molar-refractivity contribution >= 4 is 33.7 Å². The second kappa shape index (κ2) is 6.08. The van der Waals surface area contributed by atoms with Crippen molar-refractivity contribution in [2.24, 2.45) is 11.8 Å². The fraction of sp³-hybridized carbons (Fsp3) is 0.875. The summed E-state index contributed by atoms with van der Waals surface area (Å²) in [5.41, 5.74) is 0. The first-order valence-corrected chi connectivity index (χ1v) is 6.03. The van der Waals surface area contributed by atoms with Crippen molar-refractivity contribution in [3.8, 4) is 0 Å². The molecule has 0 amide bonds. The van der Waals surface area contributed by atoms with E-state index in [1.165, 1.54) is 0 Å². The van der Waals surface area contributed by atoms with Crippen LogP contribution in [0.15, 0.2) is 0 Å². The molecule has 1 nitrogen and oxygen atoms in total. The molecular weight excluding hydrogens is 222 g/mol. The fourth-order valence-corrected chi connectivity index (χ4v) is 2.13. The molecule has 0 saturated carbocycles. The van der Waals surface area contributed by atoms with Gasteiger partial charge in [-0.05, 0) is 0 Å². The van der Waals surface area contributed by atoms with Gasteiger partial charge < -0.3 is 0 Å². The van der Waals surface area contributed by atoms with Crippen molar-refractivity contribution < 1.29 is 4.79 Å². The molecule has 0 aliphatic carbocycles. The molecule has 2 atom stereocenters. The van der Waals surface area contributed by atoms with Crippen molar-refractivity contribution in [2.45, 2.75) is 31.9 Å². The predicted molar refractivity (Wildman–Crippen MR) is 51.8 cm³/mol. The van der Waals surface area contributed by atoms with Crippen LogP contribution in [0.4, 0.5) is 0 Å². The predicted octanol–water partition coefficient (Wildman–Crippen LogP) is 1.86. The van der Waals surface area contributed by atoms with Crippen molar-refractivity contribution in [1.82, 2.24) is 0 Å². The Bertz CT molecular complexity index is 125. The Morgan fingerprint density at radius 1 is 1.55 bits per heavy atom. The number of carbonyl (C=O) groups is 1. The van der Waals surface area contributed by atoms with E-state index in [4.69, 9.17) is 11.6 Å². The molecule has 3 heteroatoms. The average Bonchev–Trinajstić information content (AvgIpc) is 1.84. The molecular formula is C8H16AsClO. The van der Waals surface area contributed by atoms with E-state index in [0.29, 0.717) is 18.3 Å². The van der Waals surface area contributed by atoms with Gasteiger partial charge in [-0.25, -0.2) is 0 Å². The molecule has 0 aromatic rings.